The highest BCUT2D eigenvalue weighted by atomic mass is 16.4. The van der Waals surface area contributed by atoms with E-state index in [1.807, 2.05) is 0 Å². The summed E-state index contributed by atoms with van der Waals surface area (Å²) in [5, 5.41) is 33.3. The molecule has 2 aliphatic rings. The van der Waals surface area contributed by atoms with Gasteiger partial charge in [-0.1, -0.05) is 6.92 Å². The highest BCUT2D eigenvalue weighted by Crippen LogP contribution is 2.13. The molecule has 3 rings (SSSR count). The van der Waals surface area contributed by atoms with Crippen LogP contribution >= 0.6 is 0 Å². The maximum absolute atomic E-state index is 12.4. The van der Waals surface area contributed by atoms with E-state index in [1.54, 1.807) is 12.1 Å². The molecule has 0 aliphatic carbocycles. The third-order valence-electron chi connectivity index (χ3n) is 4.84. The minimum Gasteiger partial charge on any atom is -0.481 e. The lowest BCUT2D eigenvalue weighted by molar-refractivity contribution is -0.143. The van der Waals surface area contributed by atoms with Gasteiger partial charge < -0.3 is 20.8 Å². The molecule has 0 saturated heterocycles. The van der Waals surface area contributed by atoms with Gasteiger partial charge in [0.05, 0.1) is 24.4 Å². The standard InChI is InChI=1S/C20H21N7O6/c1-9(18(30)31)6-13(19(32)33)25-16(28)10-2-4-11(5-3-10)22-7-12-8-23-15-14(24-12)17(29)27-20(21)26-15/h2-5,8-9,13-14,22H,6-7H2,1H3,(H,25,28)(H,30,31)(H,32,33)(H2,21,27,29). The number of aliphatic imine (C=N–C) groups is 3. The smallest absolute Gasteiger partial charge is 0.326 e. The van der Waals surface area contributed by atoms with Crippen LogP contribution in [0.15, 0.2) is 39.2 Å². The van der Waals surface area contributed by atoms with Crippen molar-refractivity contribution < 1.29 is 29.4 Å². The summed E-state index contributed by atoms with van der Waals surface area (Å²) in [6.07, 6.45) is 1.20. The molecule has 3 unspecified atom stereocenters. The van der Waals surface area contributed by atoms with Crippen molar-refractivity contribution in [2.45, 2.75) is 25.4 Å². The number of carbonyl (C=O) groups is 4. The zero-order valence-corrected chi connectivity index (χ0v) is 17.4. The van der Waals surface area contributed by atoms with E-state index >= 15 is 0 Å². The number of carboxylic acids is 2. The summed E-state index contributed by atoms with van der Waals surface area (Å²) in [5.41, 5.74) is 1.32. The number of amidine groups is 1. The molecule has 2 amide bonds. The number of amides is 2. The number of guanidine groups is 1. The molecule has 0 aromatic heterocycles. The lowest BCUT2D eigenvalue weighted by Crippen LogP contribution is -2.47. The second kappa shape index (κ2) is 9.80. The van der Waals surface area contributed by atoms with Gasteiger partial charge in [-0.05, 0) is 30.7 Å². The minimum atomic E-state index is -1.33. The number of aliphatic carboxylic acids is 2. The Hall–Kier alpha value is -4.42. The Kier molecular flexibility index (Phi) is 6.91. The lowest BCUT2D eigenvalue weighted by Gasteiger charge is -2.21. The summed E-state index contributed by atoms with van der Waals surface area (Å²) in [4.78, 5) is 58.8. The molecule has 2 heterocycles. The number of carboxylic acid groups (broad SMARTS) is 2. The SMILES string of the molecule is CC(CC(NC(=O)c1ccc(NCC2=NC3C(=O)NC(=N)N=C3N=C2)cc1)C(=O)O)C(=O)O. The molecule has 0 spiro atoms. The molecular weight excluding hydrogens is 434 g/mol. The second-order valence-corrected chi connectivity index (χ2v) is 7.36. The summed E-state index contributed by atoms with van der Waals surface area (Å²) < 4.78 is 0. The largest absolute Gasteiger partial charge is 0.481 e. The molecule has 1 aromatic rings. The first-order valence-electron chi connectivity index (χ1n) is 9.83. The fourth-order valence-corrected chi connectivity index (χ4v) is 3.00. The third-order valence-corrected chi connectivity index (χ3v) is 4.84. The van der Waals surface area contributed by atoms with Crippen LogP contribution in [-0.2, 0) is 14.4 Å². The lowest BCUT2D eigenvalue weighted by atomic mass is 10.0. The Labute approximate surface area is 187 Å². The molecule has 1 aromatic carbocycles. The van der Waals surface area contributed by atoms with Crippen molar-refractivity contribution in [3.63, 3.8) is 0 Å². The van der Waals surface area contributed by atoms with E-state index in [-0.39, 0.29) is 30.3 Å². The van der Waals surface area contributed by atoms with Crippen LogP contribution in [0.25, 0.3) is 0 Å². The fourth-order valence-electron chi connectivity index (χ4n) is 3.00. The van der Waals surface area contributed by atoms with Crippen LogP contribution in [0.3, 0.4) is 0 Å². The molecule has 33 heavy (non-hydrogen) atoms. The average Bonchev–Trinajstić information content (AvgIpc) is 2.77. The third kappa shape index (κ3) is 5.84. The Bertz CT molecular complexity index is 1090. The molecule has 3 atom stereocenters. The van der Waals surface area contributed by atoms with Crippen molar-refractivity contribution >= 4 is 53.2 Å². The molecule has 2 aliphatic heterocycles. The minimum absolute atomic E-state index is 0.153. The van der Waals surface area contributed by atoms with E-state index in [2.05, 4.69) is 30.9 Å². The number of nitrogens with one attached hydrogen (secondary N) is 4. The van der Waals surface area contributed by atoms with Gasteiger partial charge in [0.15, 0.2) is 11.9 Å². The topological polar surface area (TPSA) is 206 Å². The molecule has 0 radical (unpaired) electrons. The van der Waals surface area contributed by atoms with E-state index in [1.165, 1.54) is 25.3 Å². The van der Waals surface area contributed by atoms with Gasteiger partial charge in [-0.2, -0.15) is 4.99 Å². The van der Waals surface area contributed by atoms with Gasteiger partial charge in [-0.3, -0.25) is 30.1 Å². The van der Waals surface area contributed by atoms with Crippen LogP contribution in [0.2, 0.25) is 0 Å². The zero-order chi connectivity index (χ0) is 24.1. The number of rotatable bonds is 9. The van der Waals surface area contributed by atoms with E-state index in [4.69, 9.17) is 10.5 Å². The van der Waals surface area contributed by atoms with E-state index in [9.17, 15) is 24.3 Å². The van der Waals surface area contributed by atoms with Gasteiger partial charge in [0.25, 0.3) is 11.8 Å². The molecule has 0 saturated carbocycles. The Morgan fingerprint density at radius 2 is 1.88 bits per heavy atom. The number of anilines is 1. The van der Waals surface area contributed by atoms with Gasteiger partial charge in [-0.25, -0.2) is 9.79 Å². The van der Waals surface area contributed by atoms with Crippen LogP contribution < -0.4 is 16.0 Å². The number of carbonyl (C=O) groups excluding carboxylic acids is 2. The van der Waals surface area contributed by atoms with E-state index in [0.717, 1.165) is 0 Å². The molecule has 172 valence electrons. The summed E-state index contributed by atoms with van der Waals surface area (Å²) in [6.45, 7) is 1.60. The Morgan fingerprint density at radius 3 is 2.52 bits per heavy atom. The van der Waals surface area contributed by atoms with E-state index in [0.29, 0.717) is 11.4 Å². The predicted molar refractivity (Wildman–Crippen MR) is 118 cm³/mol. The molecule has 0 bridgehead atoms. The average molecular weight is 455 g/mol. The second-order valence-electron chi connectivity index (χ2n) is 7.36. The van der Waals surface area contributed by atoms with Crippen molar-refractivity contribution in [2.75, 3.05) is 11.9 Å². The number of fused-ring (bicyclic) bond motifs is 1. The monoisotopic (exact) mass is 455 g/mol. The first kappa shape index (κ1) is 23.2. The Balaban J connectivity index is 1.58. The number of benzene rings is 1. The van der Waals surface area contributed by atoms with Crippen molar-refractivity contribution in [2.24, 2.45) is 20.9 Å². The summed E-state index contributed by atoms with van der Waals surface area (Å²) in [6, 6.07) is 3.94. The molecule has 6 N–H and O–H groups in total. The van der Waals surface area contributed by atoms with Gasteiger partial charge in [0, 0.05) is 11.3 Å². The van der Waals surface area contributed by atoms with Crippen molar-refractivity contribution in [3.05, 3.63) is 29.8 Å². The first-order chi connectivity index (χ1) is 15.6. The Morgan fingerprint density at radius 1 is 1.18 bits per heavy atom. The van der Waals surface area contributed by atoms with Crippen LogP contribution in [0.5, 0.6) is 0 Å². The zero-order valence-electron chi connectivity index (χ0n) is 17.4. The molecule has 0 fully saturated rings. The van der Waals surface area contributed by atoms with Gasteiger partial charge >= 0.3 is 11.9 Å². The normalized spacial score (nSPS) is 18.8. The molecule has 13 heteroatoms. The highest BCUT2D eigenvalue weighted by Gasteiger charge is 2.31. The van der Waals surface area contributed by atoms with Crippen LogP contribution in [0, 0.1) is 11.3 Å². The van der Waals surface area contributed by atoms with Crippen molar-refractivity contribution in [1.82, 2.24) is 10.6 Å². The quantitative estimate of drug-likeness (QED) is 0.294. The summed E-state index contributed by atoms with van der Waals surface area (Å²) >= 11 is 0. The van der Waals surface area contributed by atoms with Crippen LogP contribution in [0.4, 0.5) is 5.69 Å². The maximum atomic E-state index is 12.4. The maximum Gasteiger partial charge on any atom is 0.326 e. The van der Waals surface area contributed by atoms with Crippen LogP contribution in [-0.4, -0.2) is 76.3 Å². The molecule has 13 nitrogen and oxygen atoms in total. The summed E-state index contributed by atoms with van der Waals surface area (Å²) in [7, 11) is 0. The van der Waals surface area contributed by atoms with Crippen LogP contribution in [0.1, 0.15) is 23.7 Å². The van der Waals surface area contributed by atoms with Crippen molar-refractivity contribution in [3.8, 4) is 0 Å². The van der Waals surface area contributed by atoms with Gasteiger partial charge in [0.2, 0.25) is 5.96 Å². The predicted octanol–water partition coefficient (Wildman–Crippen LogP) is -0.251. The molecular formula is C20H21N7O6. The van der Waals surface area contributed by atoms with Crippen molar-refractivity contribution in [1.29, 1.82) is 5.41 Å². The number of hydrogen-bond acceptors (Lipinski definition) is 8. The number of hydrogen-bond donors (Lipinski definition) is 6. The first-order valence-corrected chi connectivity index (χ1v) is 9.83. The number of nitrogens with zero attached hydrogens (tertiary/aromatic N) is 3. The highest BCUT2D eigenvalue weighted by molar-refractivity contribution is 6.38. The van der Waals surface area contributed by atoms with E-state index < -0.39 is 41.8 Å². The fraction of sp³-hybridized carbons (Fsp3) is 0.300. The van der Waals surface area contributed by atoms with Gasteiger partial charge in [-0.15, -0.1) is 0 Å². The van der Waals surface area contributed by atoms with Gasteiger partial charge in [0.1, 0.15) is 6.04 Å². The summed E-state index contributed by atoms with van der Waals surface area (Å²) in [5.74, 6) is -4.65.